The topological polar surface area (TPSA) is 85.2 Å². The Hall–Kier alpha value is -2.37. The number of nitrogens with zero attached hydrogens (tertiary/aromatic N) is 2. The number of benzene rings is 1. The summed E-state index contributed by atoms with van der Waals surface area (Å²) >= 11 is 0. The van der Waals surface area contributed by atoms with Gasteiger partial charge in [-0.1, -0.05) is 45.1 Å². The molecule has 0 radical (unpaired) electrons. The van der Waals surface area contributed by atoms with Crippen molar-refractivity contribution < 1.29 is 9.53 Å². The van der Waals surface area contributed by atoms with Crippen LogP contribution in [0, 0.1) is 9.81 Å². The maximum absolute atomic E-state index is 11.5. The van der Waals surface area contributed by atoms with E-state index in [1.165, 1.54) is 37.8 Å². The van der Waals surface area contributed by atoms with Crippen LogP contribution in [0.5, 0.6) is 5.75 Å². The number of esters is 1. The second kappa shape index (κ2) is 11.2. The number of unbranched alkanes of at least 4 members (excludes halogenated alkanes) is 5. The third-order valence-electron chi connectivity index (χ3n) is 3.63. The average Bonchev–Trinajstić information content (AvgIpc) is 2.58. The molecule has 0 aliphatic heterocycles. The third kappa shape index (κ3) is 6.40. The summed E-state index contributed by atoms with van der Waals surface area (Å²) in [5.41, 5.74) is 0.636. The van der Waals surface area contributed by atoms with Gasteiger partial charge >= 0.3 is 5.97 Å². The highest BCUT2D eigenvalue weighted by atomic mass is 16.5. The van der Waals surface area contributed by atoms with E-state index in [4.69, 9.17) is 4.74 Å². The Kier molecular flexibility index (Phi) is 9.19. The Labute approximate surface area is 142 Å². The molecule has 0 aliphatic carbocycles. The number of hydrogen-bond donors (Lipinski definition) is 0. The zero-order chi connectivity index (χ0) is 17.8. The molecule has 1 aromatic carbocycles. The van der Waals surface area contributed by atoms with E-state index < -0.39 is 5.97 Å². The Morgan fingerprint density at radius 2 is 1.62 bits per heavy atom. The number of ether oxygens (including phenoxy) is 1. The van der Waals surface area contributed by atoms with Crippen molar-refractivity contribution in [3.8, 4) is 5.75 Å². The Bertz CT molecular complexity index is 568. The summed E-state index contributed by atoms with van der Waals surface area (Å²) in [7, 11) is 0. The molecule has 0 aliphatic rings. The van der Waals surface area contributed by atoms with E-state index in [2.05, 4.69) is 17.3 Å². The fraction of sp³-hybridized carbons (Fsp3) is 0.500. The van der Waals surface area contributed by atoms with Crippen molar-refractivity contribution >= 4 is 17.3 Å². The van der Waals surface area contributed by atoms with E-state index in [1.807, 2.05) is 0 Å². The van der Waals surface area contributed by atoms with Crippen LogP contribution in [-0.2, 0) is 11.2 Å². The molecule has 6 heteroatoms. The normalized spacial score (nSPS) is 10.8. The predicted molar refractivity (Wildman–Crippen MR) is 94.9 cm³/mol. The van der Waals surface area contributed by atoms with Crippen LogP contribution in [0.1, 0.15) is 57.9 Å². The fourth-order valence-corrected chi connectivity index (χ4v) is 2.42. The van der Waals surface area contributed by atoms with Crippen molar-refractivity contribution in [1.29, 1.82) is 0 Å². The predicted octanol–water partition coefficient (Wildman–Crippen LogP) is 5.87. The molecule has 1 rings (SSSR count). The number of hydrogen-bond acceptors (Lipinski definition) is 6. The lowest BCUT2D eigenvalue weighted by atomic mass is 10.0. The summed E-state index contributed by atoms with van der Waals surface area (Å²) in [6, 6.07) is 3.10. The lowest BCUT2D eigenvalue weighted by molar-refractivity contribution is -0.128. The van der Waals surface area contributed by atoms with Crippen molar-refractivity contribution in [3.63, 3.8) is 0 Å². The van der Waals surface area contributed by atoms with Crippen LogP contribution in [0.25, 0.3) is 0 Å². The summed E-state index contributed by atoms with van der Waals surface area (Å²) in [4.78, 5) is 33.6. The van der Waals surface area contributed by atoms with Crippen molar-refractivity contribution in [2.75, 3.05) is 0 Å². The average molecular weight is 332 g/mol. The molecule has 0 heterocycles. The minimum absolute atomic E-state index is 0.0778. The first-order valence-corrected chi connectivity index (χ1v) is 8.34. The second-order valence-electron chi connectivity index (χ2n) is 5.58. The molecule has 0 saturated carbocycles. The number of allylic oxidation sites excluding steroid dienone is 1. The number of carbonyl (C=O) groups is 1. The van der Waals surface area contributed by atoms with Gasteiger partial charge in [0.15, 0.2) is 17.1 Å². The Balaban J connectivity index is 2.80. The first-order valence-electron chi connectivity index (χ1n) is 8.34. The molecule has 0 unspecified atom stereocenters. The van der Waals surface area contributed by atoms with Crippen LogP contribution < -0.4 is 4.74 Å². The zero-order valence-electron chi connectivity index (χ0n) is 14.3. The fourth-order valence-electron chi connectivity index (χ4n) is 2.42. The summed E-state index contributed by atoms with van der Waals surface area (Å²) in [5, 5.41) is 5.74. The first kappa shape index (κ1) is 19.7. The summed E-state index contributed by atoms with van der Waals surface area (Å²) in [6.07, 6.45) is 10.3. The molecule has 0 spiro atoms. The summed E-state index contributed by atoms with van der Waals surface area (Å²) in [5.74, 6) is -0.870. The molecule has 0 saturated heterocycles. The maximum atomic E-state index is 11.5. The number of nitroso groups, excluding NO2 is 2. The number of aryl methyl sites for hydroxylation is 1. The van der Waals surface area contributed by atoms with Gasteiger partial charge in [-0.25, -0.2) is 4.79 Å². The molecule has 0 atom stereocenters. The highest BCUT2D eigenvalue weighted by Gasteiger charge is 2.16. The second-order valence-corrected chi connectivity index (χ2v) is 5.58. The molecule has 0 N–H and O–H groups in total. The van der Waals surface area contributed by atoms with E-state index in [9.17, 15) is 14.6 Å². The molecule has 6 nitrogen and oxygen atoms in total. The summed E-state index contributed by atoms with van der Waals surface area (Å²) in [6.45, 7) is 3.83. The van der Waals surface area contributed by atoms with Gasteiger partial charge < -0.3 is 4.74 Å². The molecule has 0 aromatic heterocycles. The number of carbonyl (C=O) groups excluding carboxylic acids is 1. The molecule has 0 bridgehead atoms. The van der Waals surface area contributed by atoms with E-state index >= 15 is 0 Å². The van der Waals surface area contributed by atoms with Gasteiger partial charge in [0.1, 0.15) is 0 Å². The van der Waals surface area contributed by atoms with Crippen molar-refractivity contribution in [3.05, 3.63) is 39.7 Å². The molecule has 0 amide bonds. The smallest absolute Gasteiger partial charge is 0.335 e. The van der Waals surface area contributed by atoms with E-state index in [1.54, 1.807) is 19.1 Å². The van der Waals surface area contributed by atoms with Crippen molar-refractivity contribution in [1.82, 2.24) is 0 Å². The minimum Gasteiger partial charge on any atom is -0.418 e. The quantitative estimate of drug-likeness (QED) is 0.167. The monoisotopic (exact) mass is 332 g/mol. The lowest BCUT2D eigenvalue weighted by Gasteiger charge is -2.09. The van der Waals surface area contributed by atoms with Gasteiger partial charge in [-0.15, -0.1) is 9.81 Å². The van der Waals surface area contributed by atoms with Crippen molar-refractivity contribution in [2.24, 2.45) is 10.4 Å². The first-order chi connectivity index (χ1) is 11.7. The van der Waals surface area contributed by atoms with Crippen LogP contribution in [0.2, 0.25) is 0 Å². The van der Waals surface area contributed by atoms with E-state index in [0.29, 0.717) is 0 Å². The molecule has 130 valence electrons. The van der Waals surface area contributed by atoms with Gasteiger partial charge in [0.05, 0.1) is 0 Å². The van der Waals surface area contributed by atoms with Gasteiger partial charge in [0, 0.05) is 6.08 Å². The third-order valence-corrected chi connectivity index (χ3v) is 3.63. The maximum Gasteiger partial charge on any atom is 0.335 e. The minimum atomic E-state index is -0.684. The lowest BCUT2D eigenvalue weighted by Crippen LogP contribution is -2.04. The van der Waals surface area contributed by atoms with Crippen LogP contribution in [0.4, 0.5) is 11.4 Å². The Morgan fingerprint density at radius 1 is 1.04 bits per heavy atom. The Morgan fingerprint density at radius 3 is 2.17 bits per heavy atom. The molecular formula is C18H24N2O4. The molecule has 1 aromatic rings. The van der Waals surface area contributed by atoms with Gasteiger partial charge in [0.2, 0.25) is 0 Å². The summed E-state index contributed by atoms with van der Waals surface area (Å²) < 4.78 is 5.01. The standard InChI is InChI=1S/C18H24N2O4/c1-3-5-6-7-8-9-11-14-12-15(19-22)18(16(13-14)20-23)24-17(21)10-4-2/h4,10,12-13H,3,5-9,11H2,1-2H3/b10-4+. The van der Waals surface area contributed by atoms with Crippen LogP contribution in [0.15, 0.2) is 34.6 Å². The molecule has 0 fully saturated rings. The zero-order valence-corrected chi connectivity index (χ0v) is 14.3. The van der Waals surface area contributed by atoms with Gasteiger partial charge in [0.25, 0.3) is 0 Å². The SMILES string of the molecule is C/C=C/C(=O)Oc1c(N=O)cc(CCCCCCCC)cc1N=O. The van der Waals surface area contributed by atoms with Gasteiger partial charge in [-0.05, 0) is 47.8 Å². The van der Waals surface area contributed by atoms with Crippen molar-refractivity contribution in [2.45, 2.75) is 58.8 Å². The van der Waals surface area contributed by atoms with Gasteiger partial charge in [-0.3, -0.25) is 0 Å². The number of rotatable bonds is 11. The van der Waals surface area contributed by atoms with Gasteiger partial charge in [-0.2, -0.15) is 0 Å². The highest BCUT2D eigenvalue weighted by molar-refractivity contribution is 5.86. The van der Waals surface area contributed by atoms with Crippen LogP contribution in [0.3, 0.4) is 0 Å². The highest BCUT2D eigenvalue weighted by Crippen LogP contribution is 2.39. The molecule has 24 heavy (non-hydrogen) atoms. The van der Waals surface area contributed by atoms with E-state index in [0.717, 1.165) is 24.8 Å². The largest absolute Gasteiger partial charge is 0.418 e. The van der Waals surface area contributed by atoms with Crippen LogP contribution in [-0.4, -0.2) is 5.97 Å². The van der Waals surface area contributed by atoms with Crippen LogP contribution >= 0.6 is 0 Å². The molecular weight excluding hydrogens is 308 g/mol. The van der Waals surface area contributed by atoms with E-state index in [-0.39, 0.29) is 17.1 Å².